The van der Waals surface area contributed by atoms with Gasteiger partial charge in [-0.2, -0.15) is 0 Å². The maximum absolute atomic E-state index is 13.3. The minimum Gasteiger partial charge on any atom is -0.481 e. The molecule has 2 rings (SSSR count). The lowest BCUT2D eigenvalue weighted by Crippen LogP contribution is -2.45. The van der Waals surface area contributed by atoms with Crippen LogP contribution in [0.25, 0.3) is 0 Å². The first-order chi connectivity index (χ1) is 10.0. The molecule has 3 atom stereocenters. The Hall–Kier alpha value is -1.42. The number of aliphatic carboxylic acids is 1. The Bertz CT molecular complexity index is 491. The molecule has 1 aliphatic rings. The summed E-state index contributed by atoms with van der Waals surface area (Å²) in [4.78, 5) is 13.6. The maximum atomic E-state index is 13.3. The molecule has 0 radical (unpaired) electrons. The van der Waals surface area contributed by atoms with Crippen LogP contribution < -0.4 is 0 Å². The summed E-state index contributed by atoms with van der Waals surface area (Å²) in [5.41, 5.74) is 0.889. The van der Waals surface area contributed by atoms with Gasteiger partial charge in [-0.05, 0) is 49.9 Å². The number of rotatable bonds is 5. The summed E-state index contributed by atoms with van der Waals surface area (Å²) in [5, 5.41) is 9.44. The Balaban J connectivity index is 2.09. The number of carboxylic acids is 1. The van der Waals surface area contributed by atoms with Gasteiger partial charge in [-0.25, -0.2) is 4.39 Å². The van der Waals surface area contributed by atoms with Crippen molar-refractivity contribution in [2.75, 3.05) is 7.05 Å². The van der Waals surface area contributed by atoms with Gasteiger partial charge in [-0.1, -0.05) is 25.5 Å². The summed E-state index contributed by atoms with van der Waals surface area (Å²) in [6, 6.07) is 6.56. The van der Waals surface area contributed by atoms with E-state index >= 15 is 0 Å². The van der Waals surface area contributed by atoms with Crippen LogP contribution in [-0.2, 0) is 11.3 Å². The van der Waals surface area contributed by atoms with Gasteiger partial charge in [0.1, 0.15) is 5.82 Å². The van der Waals surface area contributed by atoms with E-state index in [4.69, 9.17) is 0 Å². The molecule has 0 aliphatic heterocycles. The molecule has 3 nitrogen and oxygen atoms in total. The lowest BCUT2D eigenvalue weighted by Gasteiger charge is -2.39. The first-order valence-electron chi connectivity index (χ1n) is 7.68. The topological polar surface area (TPSA) is 40.5 Å². The van der Waals surface area contributed by atoms with Crippen LogP contribution in [0.2, 0.25) is 0 Å². The molecular formula is C17H24FNO2. The van der Waals surface area contributed by atoms with E-state index in [-0.39, 0.29) is 17.8 Å². The van der Waals surface area contributed by atoms with Crippen LogP contribution in [0, 0.1) is 17.7 Å². The Morgan fingerprint density at radius 2 is 2.19 bits per heavy atom. The van der Waals surface area contributed by atoms with Crippen molar-refractivity contribution in [2.45, 2.75) is 45.2 Å². The number of nitrogens with zero attached hydrogens (tertiary/aromatic N) is 1. The van der Waals surface area contributed by atoms with Gasteiger partial charge in [0, 0.05) is 12.6 Å². The predicted molar refractivity (Wildman–Crippen MR) is 80.4 cm³/mol. The first kappa shape index (κ1) is 16.0. The van der Waals surface area contributed by atoms with E-state index in [0.29, 0.717) is 12.5 Å². The lowest BCUT2D eigenvalue weighted by atomic mass is 9.76. The molecule has 0 spiro atoms. The highest BCUT2D eigenvalue weighted by Crippen LogP contribution is 2.34. The first-order valence-corrected chi connectivity index (χ1v) is 7.68. The third kappa shape index (κ3) is 4.03. The molecule has 116 valence electrons. The lowest BCUT2D eigenvalue weighted by molar-refractivity contribution is -0.146. The fourth-order valence-electron chi connectivity index (χ4n) is 3.42. The van der Waals surface area contributed by atoms with Gasteiger partial charge >= 0.3 is 5.97 Å². The number of carbonyl (C=O) groups is 1. The zero-order valence-electron chi connectivity index (χ0n) is 12.8. The summed E-state index contributed by atoms with van der Waals surface area (Å²) in [6.07, 6.45) is 3.75. The van der Waals surface area contributed by atoms with E-state index in [2.05, 4.69) is 11.8 Å². The van der Waals surface area contributed by atoms with E-state index in [9.17, 15) is 14.3 Å². The summed E-state index contributed by atoms with van der Waals surface area (Å²) >= 11 is 0. The van der Waals surface area contributed by atoms with E-state index in [1.54, 1.807) is 6.07 Å². The van der Waals surface area contributed by atoms with Gasteiger partial charge in [0.05, 0.1) is 5.92 Å². The Labute approximate surface area is 125 Å². The van der Waals surface area contributed by atoms with Crippen LogP contribution in [-0.4, -0.2) is 29.1 Å². The standard InChI is InChI=1S/C17H24FNO2/c1-3-12-7-8-15(17(20)21)16(10-12)19(2)11-13-5-4-6-14(18)9-13/h4-6,9,12,15-16H,3,7-8,10-11H2,1-2H3,(H,20,21). The van der Waals surface area contributed by atoms with Crippen molar-refractivity contribution in [3.05, 3.63) is 35.6 Å². The fourth-order valence-corrected chi connectivity index (χ4v) is 3.42. The minimum absolute atomic E-state index is 0.0319. The fraction of sp³-hybridized carbons (Fsp3) is 0.588. The quantitative estimate of drug-likeness (QED) is 0.902. The van der Waals surface area contributed by atoms with Gasteiger partial charge in [0.15, 0.2) is 0 Å². The Kier molecular flexibility index (Phi) is 5.34. The number of hydrogen-bond acceptors (Lipinski definition) is 2. The highest BCUT2D eigenvalue weighted by Gasteiger charge is 2.36. The summed E-state index contributed by atoms with van der Waals surface area (Å²) in [7, 11) is 1.95. The molecule has 0 aromatic heterocycles. The van der Waals surface area contributed by atoms with Crippen molar-refractivity contribution in [3.8, 4) is 0 Å². The van der Waals surface area contributed by atoms with Crippen LogP contribution in [0.4, 0.5) is 4.39 Å². The zero-order valence-corrected chi connectivity index (χ0v) is 12.8. The zero-order chi connectivity index (χ0) is 15.4. The van der Waals surface area contributed by atoms with Gasteiger partial charge < -0.3 is 5.11 Å². The van der Waals surface area contributed by atoms with Crippen LogP contribution in [0.1, 0.15) is 38.2 Å². The molecule has 0 bridgehead atoms. The summed E-state index contributed by atoms with van der Waals surface area (Å²) in [6.45, 7) is 2.75. The monoisotopic (exact) mass is 293 g/mol. The molecule has 1 aromatic carbocycles. The Morgan fingerprint density at radius 3 is 2.81 bits per heavy atom. The van der Waals surface area contributed by atoms with E-state index in [0.717, 1.165) is 31.2 Å². The molecule has 0 heterocycles. The SMILES string of the molecule is CCC1CCC(C(=O)O)C(N(C)Cc2cccc(F)c2)C1. The van der Waals surface area contributed by atoms with Crippen LogP contribution >= 0.6 is 0 Å². The molecule has 4 heteroatoms. The molecule has 1 aliphatic carbocycles. The number of hydrogen-bond donors (Lipinski definition) is 1. The van der Waals surface area contributed by atoms with Gasteiger partial charge in [-0.15, -0.1) is 0 Å². The number of benzene rings is 1. The van der Waals surface area contributed by atoms with Crippen LogP contribution in [0.15, 0.2) is 24.3 Å². The third-order valence-electron chi connectivity index (χ3n) is 4.71. The smallest absolute Gasteiger partial charge is 0.308 e. The highest BCUT2D eigenvalue weighted by molar-refractivity contribution is 5.71. The molecule has 1 aromatic rings. The second kappa shape index (κ2) is 7.03. The Morgan fingerprint density at radius 1 is 1.43 bits per heavy atom. The second-order valence-electron chi connectivity index (χ2n) is 6.14. The molecule has 1 N–H and O–H groups in total. The van der Waals surface area contributed by atoms with Gasteiger partial charge in [0.25, 0.3) is 0 Å². The van der Waals surface area contributed by atoms with Crippen molar-refractivity contribution in [1.82, 2.24) is 4.90 Å². The molecule has 1 fully saturated rings. The van der Waals surface area contributed by atoms with Crippen molar-refractivity contribution < 1.29 is 14.3 Å². The summed E-state index contributed by atoms with van der Waals surface area (Å²) < 4.78 is 13.3. The van der Waals surface area contributed by atoms with E-state index < -0.39 is 5.97 Å². The average molecular weight is 293 g/mol. The second-order valence-corrected chi connectivity index (χ2v) is 6.14. The molecule has 3 unspecified atom stereocenters. The molecular weight excluding hydrogens is 269 g/mol. The van der Waals surface area contributed by atoms with Crippen LogP contribution in [0.3, 0.4) is 0 Å². The summed E-state index contributed by atoms with van der Waals surface area (Å²) in [5.74, 6) is -0.668. The van der Waals surface area contributed by atoms with Gasteiger partial charge in [-0.3, -0.25) is 9.69 Å². The average Bonchev–Trinajstić information content (AvgIpc) is 2.46. The largest absolute Gasteiger partial charge is 0.481 e. The van der Waals surface area contributed by atoms with Crippen molar-refractivity contribution in [3.63, 3.8) is 0 Å². The highest BCUT2D eigenvalue weighted by atomic mass is 19.1. The maximum Gasteiger partial charge on any atom is 0.308 e. The third-order valence-corrected chi connectivity index (χ3v) is 4.71. The molecule has 1 saturated carbocycles. The van der Waals surface area contributed by atoms with Crippen molar-refractivity contribution in [1.29, 1.82) is 0 Å². The molecule has 0 saturated heterocycles. The molecule has 21 heavy (non-hydrogen) atoms. The minimum atomic E-state index is -0.708. The number of halogens is 1. The molecule has 0 amide bonds. The van der Waals surface area contributed by atoms with Crippen molar-refractivity contribution >= 4 is 5.97 Å². The van der Waals surface area contributed by atoms with E-state index in [1.165, 1.54) is 12.1 Å². The van der Waals surface area contributed by atoms with E-state index in [1.807, 2.05) is 13.1 Å². The van der Waals surface area contributed by atoms with Crippen LogP contribution in [0.5, 0.6) is 0 Å². The number of carboxylic acid groups (broad SMARTS) is 1. The van der Waals surface area contributed by atoms with Gasteiger partial charge in [0.2, 0.25) is 0 Å². The van der Waals surface area contributed by atoms with Crippen molar-refractivity contribution in [2.24, 2.45) is 11.8 Å². The normalized spacial score (nSPS) is 26.0. The predicted octanol–water partition coefficient (Wildman–Crippen LogP) is 3.54.